The second kappa shape index (κ2) is 9.69. The van der Waals surface area contributed by atoms with Crippen molar-refractivity contribution in [2.75, 3.05) is 40.3 Å². The summed E-state index contributed by atoms with van der Waals surface area (Å²) in [4.78, 5) is 35.4. The molecule has 7 nitrogen and oxygen atoms in total. The second-order valence-electron chi connectivity index (χ2n) is 7.80. The van der Waals surface area contributed by atoms with E-state index < -0.39 is 0 Å². The highest BCUT2D eigenvalue weighted by Gasteiger charge is 2.24. The van der Waals surface area contributed by atoms with E-state index in [4.69, 9.17) is 4.74 Å². The first-order valence-corrected chi connectivity index (χ1v) is 10.1. The van der Waals surface area contributed by atoms with E-state index in [1.807, 2.05) is 12.1 Å². The molecule has 1 aliphatic heterocycles. The lowest BCUT2D eigenvalue weighted by molar-refractivity contribution is 0.0728. The van der Waals surface area contributed by atoms with Crippen LogP contribution in [0.5, 0.6) is 5.75 Å². The smallest absolute Gasteiger partial charge is 0.263 e. The standard InChI is InChI=1S/C22H30N4O3/c1-16-23-13-20(21(27)24-16)22(28)25(2)14-18-5-4-11-26(15-18)12-10-17-6-8-19(29-3)9-7-17/h6-9,13,18H,4-5,10-12,14-15H2,1-3H3,(H,23,24,27). The van der Waals surface area contributed by atoms with Crippen LogP contribution in [0.2, 0.25) is 0 Å². The quantitative estimate of drug-likeness (QED) is 0.773. The van der Waals surface area contributed by atoms with Gasteiger partial charge in [0.05, 0.1) is 7.11 Å². The van der Waals surface area contributed by atoms with Crippen molar-refractivity contribution in [3.63, 3.8) is 0 Å². The van der Waals surface area contributed by atoms with Gasteiger partial charge in [-0.2, -0.15) is 0 Å². The molecule has 1 fully saturated rings. The Kier molecular flexibility index (Phi) is 7.04. The summed E-state index contributed by atoms with van der Waals surface area (Å²) in [6.45, 7) is 5.40. The maximum Gasteiger partial charge on any atom is 0.263 e. The molecule has 0 spiro atoms. The van der Waals surface area contributed by atoms with Crippen molar-refractivity contribution < 1.29 is 9.53 Å². The Morgan fingerprint density at radius 1 is 1.34 bits per heavy atom. The van der Waals surface area contributed by atoms with Gasteiger partial charge in [0.1, 0.15) is 17.1 Å². The monoisotopic (exact) mass is 398 g/mol. The fraction of sp³-hybridized carbons (Fsp3) is 0.500. The Morgan fingerprint density at radius 2 is 2.10 bits per heavy atom. The summed E-state index contributed by atoms with van der Waals surface area (Å²) >= 11 is 0. The molecule has 156 valence electrons. The van der Waals surface area contributed by atoms with Crippen LogP contribution in [0.4, 0.5) is 0 Å². The van der Waals surface area contributed by atoms with Crippen LogP contribution in [0.1, 0.15) is 34.6 Å². The molecule has 1 aliphatic rings. The predicted molar refractivity (Wildman–Crippen MR) is 112 cm³/mol. The van der Waals surface area contributed by atoms with Crippen LogP contribution in [0, 0.1) is 12.8 Å². The van der Waals surface area contributed by atoms with Gasteiger partial charge in [-0.3, -0.25) is 9.59 Å². The van der Waals surface area contributed by atoms with Crippen LogP contribution in [-0.2, 0) is 6.42 Å². The van der Waals surface area contributed by atoms with Crippen LogP contribution in [0.15, 0.2) is 35.3 Å². The molecular weight excluding hydrogens is 368 g/mol. The van der Waals surface area contributed by atoms with Crippen molar-refractivity contribution in [2.24, 2.45) is 5.92 Å². The topological polar surface area (TPSA) is 78.5 Å². The Bertz CT molecular complexity index is 878. The molecule has 1 aromatic heterocycles. The molecule has 2 aromatic rings. The zero-order chi connectivity index (χ0) is 20.8. The number of carbonyl (C=O) groups is 1. The number of benzene rings is 1. The number of rotatable bonds is 7. The summed E-state index contributed by atoms with van der Waals surface area (Å²) in [5.74, 6) is 1.52. The summed E-state index contributed by atoms with van der Waals surface area (Å²) in [5.41, 5.74) is 1.02. The number of H-pyrrole nitrogens is 1. The van der Waals surface area contributed by atoms with Gasteiger partial charge in [-0.25, -0.2) is 4.98 Å². The van der Waals surface area contributed by atoms with E-state index in [0.29, 0.717) is 18.3 Å². The fourth-order valence-electron chi connectivity index (χ4n) is 3.89. The van der Waals surface area contributed by atoms with Crippen LogP contribution in [-0.4, -0.2) is 66.0 Å². The molecule has 1 atom stereocenters. The lowest BCUT2D eigenvalue weighted by atomic mass is 9.97. The Hall–Kier alpha value is -2.67. The van der Waals surface area contributed by atoms with Gasteiger partial charge in [0.25, 0.3) is 11.5 Å². The van der Waals surface area contributed by atoms with E-state index in [0.717, 1.165) is 44.6 Å². The highest BCUT2D eigenvalue weighted by molar-refractivity contribution is 5.93. The number of aryl methyl sites for hydroxylation is 1. The fourth-order valence-corrected chi connectivity index (χ4v) is 3.89. The van der Waals surface area contributed by atoms with Gasteiger partial charge in [0.2, 0.25) is 0 Å². The number of hydrogen-bond donors (Lipinski definition) is 1. The molecule has 0 radical (unpaired) electrons. The second-order valence-corrected chi connectivity index (χ2v) is 7.80. The van der Waals surface area contributed by atoms with Crippen molar-refractivity contribution in [1.82, 2.24) is 19.8 Å². The van der Waals surface area contributed by atoms with Gasteiger partial charge in [-0.05, 0) is 56.3 Å². The average molecular weight is 399 g/mol. The number of carbonyl (C=O) groups excluding carboxylic acids is 1. The molecule has 7 heteroatoms. The largest absolute Gasteiger partial charge is 0.497 e. The van der Waals surface area contributed by atoms with Crippen molar-refractivity contribution in [2.45, 2.75) is 26.2 Å². The summed E-state index contributed by atoms with van der Waals surface area (Å²) in [6, 6.07) is 8.22. The van der Waals surface area contributed by atoms with Gasteiger partial charge < -0.3 is 19.5 Å². The highest BCUT2D eigenvalue weighted by atomic mass is 16.5. The molecule has 29 heavy (non-hydrogen) atoms. The molecule has 3 rings (SSSR count). The Labute approximate surface area is 171 Å². The van der Waals surface area contributed by atoms with Crippen LogP contribution < -0.4 is 10.3 Å². The van der Waals surface area contributed by atoms with Gasteiger partial charge >= 0.3 is 0 Å². The molecule has 0 bridgehead atoms. The normalized spacial score (nSPS) is 17.1. The number of nitrogens with one attached hydrogen (secondary N) is 1. The number of aromatic amines is 1. The Balaban J connectivity index is 1.51. The number of likely N-dealkylation sites (tertiary alicyclic amines) is 1. The molecule has 1 unspecified atom stereocenters. The molecule has 0 saturated carbocycles. The molecule has 0 aliphatic carbocycles. The summed E-state index contributed by atoms with van der Waals surface area (Å²) in [5, 5.41) is 0. The summed E-state index contributed by atoms with van der Waals surface area (Å²) in [7, 11) is 3.44. The number of ether oxygens (including phenoxy) is 1. The van der Waals surface area contributed by atoms with Crippen LogP contribution in [0.3, 0.4) is 0 Å². The van der Waals surface area contributed by atoms with Crippen molar-refractivity contribution >= 4 is 5.91 Å². The number of aromatic nitrogens is 2. The molecular formula is C22H30N4O3. The van der Waals surface area contributed by atoms with Crippen molar-refractivity contribution in [3.05, 3.63) is 57.8 Å². The number of piperidine rings is 1. The van der Waals surface area contributed by atoms with E-state index in [1.165, 1.54) is 11.8 Å². The summed E-state index contributed by atoms with van der Waals surface area (Å²) < 4.78 is 5.21. The zero-order valence-electron chi connectivity index (χ0n) is 17.5. The molecule has 1 amide bonds. The SMILES string of the molecule is COc1ccc(CCN2CCCC(CN(C)C(=O)c3cnc(C)[nH]c3=O)C2)cc1. The third-order valence-electron chi connectivity index (χ3n) is 5.51. The molecule has 2 heterocycles. The van der Waals surface area contributed by atoms with E-state index in [1.54, 1.807) is 26.0 Å². The number of methoxy groups -OCH3 is 1. The number of hydrogen-bond acceptors (Lipinski definition) is 5. The maximum atomic E-state index is 12.6. The molecule has 1 saturated heterocycles. The third-order valence-corrected chi connectivity index (χ3v) is 5.51. The third kappa shape index (κ3) is 5.67. The van der Waals surface area contributed by atoms with Gasteiger partial charge in [0.15, 0.2) is 0 Å². The van der Waals surface area contributed by atoms with Crippen LogP contribution in [0.25, 0.3) is 0 Å². The Morgan fingerprint density at radius 3 is 2.79 bits per heavy atom. The van der Waals surface area contributed by atoms with E-state index >= 15 is 0 Å². The van der Waals surface area contributed by atoms with Gasteiger partial charge in [0, 0.05) is 32.9 Å². The predicted octanol–water partition coefficient (Wildman–Crippen LogP) is 2.11. The summed E-state index contributed by atoms with van der Waals surface area (Å²) in [6.07, 6.45) is 4.59. The number of nitrogens with zero attached hydrogens (tertiary/aromatic N) is 3. The minimum Gasteiger partial charge on any atom is -0.497 e. The first kappa shape index (κ1) is 21.0. The maximum absolute atomic E-state index is 12.6. The molecule has 1 N–H and O–H groups in total. The average Bonchev–Trinajstić information content (AvgIpc) is 2.72. The lowest BCUT2D eigenvalue weighted by Gasteiger charge is -2.34. The zero-order valence-corrected chi connectivity index (χ0v) is 17.5. The first-order valence-electron chi connectivity index (χ1n) is 10.1. The number of amides is 1. The lowest BCUT2D eigenvalue weighted by Crippen LogP contribution is -2.43. The van der Waals surface area contributed by atoms with E-state index in [9.17, 15) is 9.59 Å². The van der Waals surface area contributed by atoms with Crippen molar-refractivity contribution in [1.29, 1.82) is 0 Å². The first-order chi connectivity index (χ1) is 14.0. The van der Waals surface area contributed by atoms with Gasteiger partial charge in [-0.1, -0.05) is 12.1 Å². The van der Waals surface area contributed by atoms with E-state index in [2.05, 4.69) is 27.0 Å². The van der Waals surface area contributed by atoms with Gasteiger partial charge in [-0.15, -0.1) is 0 Å². The minimum atomic E-state index is -0.376. The van der Waals surface area contributed by atoms with Crippen molar-refractivity contribution in [3.8, 4) is 5.75 Å². The van der Waals surface area contributed by atoms with Crippen LogP contribution >= 0.6 is 0 Å². The minimum absolute atomic E-state index is 0.102. The van der Waals surface area contributed by atoms with E-state index in [-0.39, 0.29) is 17.0 Å². The highest BCUT2D eigenvalue weighted by Crippen LogP contribution is 2.19. The molecule has 1 aromatic carbocycles.